The van der Waals surface area contributed by atoms with Crippen LogP contribution in [0, 0.1) is 0 Å². The molecule has 1 atom stereocenters. The van der Waals surface area contributed by atoms with E-state index in [9.17, 15) is 0 Å². The Morgan fingerprint density at radius 1 is 1.29 bits per heavy atom. The summed E-state index contributed by atoms with van der Waals surface area (Å²) in [6.45, 7) is 13.9. The lowest BCUT2D eigenvalue weighted by molar-refractivity contribution is 0.0220. The second-order valence-corrected chi connectivity index (χ2v) is 4.84. The van der Waals surface area contributed by atoms with Gasteiger partial charge in [0, 0.05) is 38.8 Å². The molecule has 0 aromatic carbocycles. The Labute approximate surface area is 146 Å². The first kappa shape index (κ1) is 20.9. The van der Waals surface area contributed by atoms with Crippen molar-refractivity contribution in [3.8, 4) is 0 Å². The van der Waals surface area contributed by atoms with E-state index in [0.29, 0.717) is 12.6 Å². The number of guanidine groups is 1. The summed E-state index contributed by atoms with van der Waals surface area (Å²) in [6, 6.07) is 0.446. The highest BCUT2D eigenvalue weighted by Crippen LogP contribution is 2.03. The molecule has 21 heavy (non-hydrogen) atoms. The van der Waals surface area contributed by atoms with E-state index in [4.69, 9.17) is 9.47 Å². The number of morpholine rings is 1. The van der Waals surface area contributed by atoms with Crippen molar-refractivity contribution in [3.05, 3.63) is 0 Å². The molecule has 0 spiro atoms. The summed E-state index contributed by atoms with van der Waals surface area (Å²) in [4.78, 5) is 7.07. The zero-order chi connectivity index (χ0) is 14.6. The average molecular weight is 414 g/mol. The van der Waals surface area contributed by atoms with Crippen molar-refractivity contribution in [1.82, 2.24) is 15.5 Å². The lowest BCUT2D eigenvalue weighted by Gasteiger charge is -2.31. The summed E-state index contributed by atoms with van der Waals surface area (Å²) < 4.78 is 10.7. The topological polar surface area (TPSA) is 58.1 Å². The fourth-order valence-corrected chi connectivity index (χ4v) is 2.08. The zero-order valence-electron chi connectivity index (χ0n) is 13.6. The lowest BCUT2D eigenvalue weighted by atomic mass is 10.2. The van der Waals surface area contributed by atoms with Crippen molar-refractivity contribution in [3.63, 3.8) is 0 Å². The fourth-order valence-electron chi connectivity index (χ4n) is 2.08. The maximum atomic E-state index is 5.37. The molecular formula is C14H31IN4O2. The highest BCUT2D eigenvalue weighted by atomic mass is 127. The standard InChI is InChI=1S/C14H30N4O2.HI/c1-4-15-14(16-6-9-19-5-2)17-12-13(3)18-7-10-20-11-8-18;/h13H,4-12H2,1-3H3,(H2,15,16,17);1H. The smallest absolute Gasteiger partial charge is 0.191 e. The van der Waals surface area contributed by atoms with Crippen LogP contribution in [0.5, 0.6) is 0 Å². The Morgan fingerprint density at radius 3 is 2.62 bits per heavy atom. The molecule has 0 radical (unpaired) electrons. The maximum absolute atomic E-state index is 5.37. The molecule has 0 aliphatic carbocycles. The highest BCUT2D eigenvalue weighted by molar-refractivity contribution is 14.0. The number of nitrogens with one attached hydrogen (secondary N) is 2. The minimum atomic E-state index is 0. The molecule has 1 heterocycles. The Bertz CT molecular complexity index is 274. The van der Waals surface area contributed by atoms with Crippen molar-refractivity contribution in [2.75, 3.05) is 59.2 Å². The van der Waals surface area contributed by atoms with E-state index in [1.165, 1.54) is 0 Å². The van der Waals surface area contributed by atoms with E-state index < -0.39 is 0 Å². The molecule has 1 aliphatic rings. The molecule has 6 nitrogen and oxygen atoms in total. The first-order valence-corrected chi connectivity index (χ1v) is 7.69. The normalized spacial score (nSPS) is 18.0. The molecule has 0 bridgehead atoms. The largest absolute Gasteiger partial charge is 0.380 e. The summed E-state index contributed by atoms with van der Waals surface area (Å²) in [5.41, 5.74) is 0. The van der Waals surface area contributed by atoms with Crippen LogP contribution in [0.2, 0.25) is 0 Å². The first-order valence-electron chi connectivity index (χ1n) is 7.69. The van der Waals surface area contributed by atoms with Crippen LogP contribution in [0.25, 0.3) is 0 Å². The predicted octanol–water partition coefficient (Wildman–Crippen LogP) is 0.917. The average Bonchev–Trinajstić information content (AvgIpc) is 2.49. The van der Waals surface area contributed by atoms with E-state index in [1.54, 1.807) is 0 Å². The van der Waals surface area contributed by atoms with Crippen LogP contribution in [0.4, 0.5) is 0 Å². The number of hydrogen-bond acceptors (Lipinski definition) is 4. The summed E-state index contributed by atoms with van der Waals surface area (Å²) in [5, 5.41) is 6.54. The second kappa shape index (κ2) is 13.5. The van der Waals surface area contributed by atoms with Gasteiger partial charge in [-0.1, -0.05) is 0 Å². The summed E-state index contributed by atoms with van der Waals surface area (Å²) >= 11 is 0. The SMILES string of the molecule is CCNC(=NCC(C)N1CCOCC1)NCCOCC.I. The van der Waals surface area contributed by atoms with Crippen LogP contribution < -0.4 is 10.6 Å². The van der Waals surface area contributed by atoms with Gasteiger partial charge in [0.05, 0.1) is 26.4 Å². The number of hydrogen-bond donors (Lipinski definition) is 2. The van der Waals surface area contributed by atoms with Gasteiger partial charge in [-0.15, -0.1) is 24.0 Å². The number of rotatable bonds is 8. The van der Waals surface area contributed by atoms with Crippen molar-refractivity contribution in [2.24, 2.45) is 4.99 Å². The van der Waals surface area contributed by atoms with Gasteiger partial charge in [-0.3, -0.25) is 9.89 Å². The van der Waals surface area contributed by atoms with Crippen molar-refractivity contribution in [2.45, 2.75) is 26.8 Å². The second-order valence-electron chi connectivity index (χ2n) is 4.84. The highest BCUT2D eigenvalue weighted by Gasteiger charge is 2.16. The Hall–Kier alpha value is -0.120. The maximum Gasteiger partial charge on any atom is 0.191 e. The van der Waals surface area contributed by atoms with E-state index in [-0.39, 0.29) is 24.0 Å². The number of ether oxygens (including phenoxy) is 2. The predicted molar refractivity (Wildman–Crippen MR) is 97.7 cm³/mol. The molecule has 1 unspecified atom stereocenters. The van der Waals surface area contributed by atoms with Crippen LogP contribution >= 0.6 is 24.0 Å². The zero-order valence-corrected chi connectivity index (χ0v) is 15.9. The Balaban J connectivity index is 0.00000400. The molecule has 0 aromatic rings. The number of aliphatic imine (C=N–C) groups is 1. The lowest BCUT2D eigenvalue weighted by Crippen LogP contribution is -2.44. The monoisotopic (exact) mass is 414 g/mol. The van der Waals surface area contributed by atoms with Crippen molar-refractivity contribution < 1.29 is 9.47 Å². The van der Waals surface area contributed by atoms with Crippen molar-refractivity contribution in [1.29, 1.82) is 0 Å². The van der Waals surface area contributed by atoms with Crippen LogP contribution in [0.1, 0.15) is 20.8 Å². The van der Waals surface area contributed by atoms with Gasteiger partial charge in [-0.05, 0) is 20.8 Å². The van der Waals surface area contributed by atoms with E-state index in [2.05, 4.69) is 34.4 Å². The third kappa shape index (κ3) is 9.49. The molecule has 1 saturated heterocycles. The van der Waals surface area contributed by atoms with Gasteiger partial charge in [-0.25, -0.2) is 0 Å². The molecule has 7 heteroatoms. The first-order chi connectivity index (χ1) is 9.77. The minimum Gasteiger partial charge on any atom is -0.380 e. The molecule has 1 rings (SSSR count). The number of halogens is 1. The minimum absolute atomic E-state index is 0. The quantitative estimate of drug-likeness (QED) is 0.268. The molecule has 126 valence electrons. The molecule has 0 aromatic heterocycles. The molecular weight excluding hydrogens is 383 g/mol. The van der Waals surface area contributed by atoms with Crippen molar-refractivity contribution >= 4 is 29.9 Å². The van der Waals surface area contributed by atoms with Gasteiger partial charge in [0.15, 0.2) is 5.96 Å². The molecule has 1 fully saturated rings. The van der Waals surface area contributed by atoms with Gasteiger partial charge < -0.3 is 20.1 Å². The van der Waals surface area contributed by atoms with E-state index >= 15 is 0 Å². The van der Waals surface area contributed by atoms with Crippen LogP contribution in [-0.2, 0) is 9.47 Å². The Kier molecular flexibility index (Phi) is 13.5. The van der Waals surface area contributed by atoms with E-state index in [0.717, 1.165) is 58.5 Å². The summed E-state index contributed by atoms with van der Waals surface area (Å²) in [5.74, 6) is 0.868. The van der Waals surface area contributed by atoms with Crippen LogP contribution in [0.15, 0.2) is 4.99 Å². The van der Waals surface area contributed by atoms with Gasteiger partial charge in [0.2, 0.25) is 0 Å². The molecule has 0 amide bonds. The van der Waals surface area contributed by atoms with Gasteiger partial charge in [0.25, 0.3) is 0 Å². The summed E-state index contributed by atoms with van der Waals surface area (Å²) in [6.07, 6.45) is 0. The fraction of sp³-hybridized carbons (Fsp3) is 0.929. The molecule has 2 N–H and O–H groups in total. The van der Waals surface area contributed by atoms with Gasteiger partial charge in [0.1, 0.15) is 0 Å². The number of nitrogens with zero attached hydrogens (tertiary/aromatic N) is 2. The van der Waals surface area contributed by atoms with Gasteiger partial charge >= 0.3 is 0 Å². The van der Waals surface area contributed by atoms with E-state index in [1.807, 2.05) is 6.92 Å². The third-order valence-corrected chi connectivity index (χ3v) is 3.27. The van der Waals surface area contributed by atoms with Crippen LogP contribution in [0.3, 0.4) is 0 Å². The molecule has 1 aliphatic heterocycles. The Morgan fingerprint density at radius 2 is 2.00 bits per heavy atom. The third-order valence-electron chi connectivity index (χ3n) is 3.27. The molecule has 0 saturated carbocycles. The van der Waals surface area contributed by atoms with Gasteiger partial charge in [-0.2, -0.15) is 0 Å². The summed E-state index contributed by atoms with van der Waals surface area (Å²) in [7, 11) is 0. The van der Waals surface area contributed by atoms with Crippen LogP contribution in [-0.4, -0.2) is 76.1 Å².